The van der Waals surface area contributed by atoms with Crippen LogP contribution in [0.3, 0.4) is 0 Å². The maximum absolute atomic E-state index is 12.5. The summed E-state index contributed by atoms with van der Waals surface area (Å²) in [5, 5.41) is 0.310. The molecule has 1 rings (SSSR count). The highest BCUT2D eigenvalue weighted by atomic mass is 79.9. The van der Waals surface area contributed by atoms with Crippen molar-refractivity contribution in [1.82, 2.24) is 4.98 Å². The Morgan fingerprint density at radius 1 is 1.62 bits per heavy atom. The van der Waals surface area contributed by atoms with Gasteiger partial charge < -0.3 is 4.98 Å². The lowest BCUT2D eigenvalue weighted by Gasteiger charge is -2.07. The Morgan fingerprint density at radius 2 is 2.23 bits per heavy atom. The van der Waals surface area contributed by atoms with E-state index in [1.165, 1.54) is 13.1 Å². The van der Waals surface area contributed by atoms with Gasteiger partial charge >= 0.3 is 0 Å². The first-order valence-electron chi connectivity index (χ1n) is 3.63. The zero-order valence-electron chi connectivity index (χ0n) is 6.90. The van der Waals surface area contributed by atoms with Gasteiger partial charge in [0.05, 0.1) is 0 Å². The number of nitrogens with one attached hydrogen (secondary N) is 1. The number of H-pyrrole nitrogens is 1. The van der Waals surface area contributed by atoms with Crippen molar-refractivity contribution in [3.63, 3.8) is 0 Å². The number of aromatic amines is 1. The van der Waals surface area contributed by atoms with Crippen LogP contribution >= 0.6 is 15.9 Å². The molecule has 0 radical (unpaired) electrons. The summed E-state index contributed by atoms with van der Waals surface area (Å²) in [6.07, 6.45) is -1.29. The average molecular weight is 252 g/mol. The van der Waals surface area contributed by atoms with Gasteiger partial charge in [0, 0.05) is 22.7 Å². The summed E-state index contributed by atoms with van der Waals surface area (Å²) in [7, 11) is 0. The van der Waals surface area contributed by atoms with E-state index in [1.807, 2.05) is 0 Å². The molecule has 5 heteroatoms. The molecule has 0 bridgehead atoms. The van der Waals surface area contributed by atoms with E-state index in [4.69, 9.17) is 0 Å². The highest BCUT2D eigenvalue weighted by Crippen LogP contribution is 2.25. The topological polar surface area (TPSA) is 32.9 Å². The van der Waals surface area contributed by atoms with Crippen molar-refractivity contribution in [2.75, 3.05) is 0 Å². The van der Waals surface area contributed by atoms with Crippen molar-refractivity contribution in [3.8, 4) is 0 Å². The second-order valence-electron chi connectivity index (χ2n) is 2.62. The molecule has 0 saturated carbocycles. The molecule has 0 atom stereocenters. The predicted molar refractivity (Wildman–Crippen MR) is 49.4 cm³/mol. The van der Waals surface area contributed by atoms with Gasteiger partial charge in [0.2, 0.25) is 0 Å². The van der Waals surface area contributed by atoms with Crippen LogP contribution < -0.4 is 5.56 Å². The number of hydrogen-bond acceptors (Lipinski definition) is 1. The third kappa shape index (κ3) is 1.96. The van der Waals surface area contributed by atoms with Crippen LogP contribution in [0.2, 0.25) is 0 Å². The lowest BCUT2D eigenvalue weighted by molar-refractivity contribution is 0.149. The summed E-state index contributed by atoms with van der Waals surface area (Å²) in [4.78, 5) is 13.4. The van der Waals surface area contributed by atoms with E-state index in [1.54, 1.807) is 0 Å². The minimum atomic E-state index is -2.60. The molecule has 1 aromatic rings. The summed E-state index contributed by atoms with van der Waals surface area (Å²) < 4.78 is 25.0. The van der Waals surface area contributed by atoms with E-state index >= 15 is 0 Å². The van der Waals surface area contributed by atoms with Crippen molar-refractivity contribution in [2.45, 2.75) is 18.7 Å². The molecule has 0 spiro atoms. The van der Waals surface area contributed by atoms with Gasteiger partial charge in [-0.2, -0.15) is 0 Å². The first-order valence-corrected chi connectivity index (χ1v) is 4.75. The van der Waals surface area contributed by atoms with Gasteiger partial charge in [-0.05, 0) is 12.5 Å². The zero-order chi connectivity index (χ0) is 10.0. The lowest BCUT2D eigenvalue weighted by atomic mass is 10.1. The fourth-order valence-corrected chi connectivity index (χ4v) is 1.58. The van der Waals surface area contributed by atoms with Gasteiger partial charge in [-0.25, -0.2) is 8.78 Å². The van der Waals surface area contributed by atoms with E-state index in [-0.39, 0.29) is 11.1 Å². The van der Waals surface area contributed by atoms with Gasteiger partial charge in [0.25, 0.3) is 12.0 Å². The van der Waals surface area contributed by atoms with Crippen molar-refractivity contribution in [2.24, 2.45) is 0 Å². The Balaban J connectivity index is 3.41. The average Bonchev–Trinajstić information content (AvgIpc) is 2.08. The third-order valence-corrected chi connectivity index (χ3v) is 2.43. The molecule has 0 aromatic carbocycles. The molecule has 13 heavy (non-hydrogen) atoms. The minimum Gasteiger partial charge on any atom is -0.329 e. The molecule has 1 aromatic heterocycles. The van der Waals surface area contributed by atoms with Gasteiger partial charge in [-0.15, -0.1) is 0 Å². The van der Waals surface area contributed by atoms with Crippen LogP contribution in [0, 0.1) is 6.92 Å². The van der Waals surface area contributed by atoms with E-state index in [0.29, 0.717) is 10.9 Å². The zero-order valence-corrected chi connectivity index (χ0v) is 8.49. The van der Waals surface area contributed by atoms with Crippen molar-refractivity contribution in [1.29, 1.82) is 0 Å². The maximum atomic E-state index is 12.5. The molecule has 2 nitrogen and oxygen atoms in total. The largest absolute Gasteiger partial charge is 0.329 e. The fraction of sp³-hybridized carbons (Fsp3) is 0.375. The Hall–Kier alpha value is -0.710. The van der Waals surface area contributed by atoms with Crippen LogP contribution in [-0.2, 0) is 5.33 Å². The smallest absolute Gasteiger partial charge is 0.264 e. The van der Waals surface area contributed by atoms with Crippen LogP contribution in [-0.4, -0.2) is 4.98 Å². The van der Waals surface area contributed by atoms with Gasteiger partial charge in [0.1, 0.15) is 0 Å². The highest BCUT2D eigenvalue weighted by Gasteiger charge is 2.16. The number of pyridine rings is 1. The first kappa shape index (κ1) is 10.4. The third-order valence-electron chi connectivity index (χ3n) is 1.83. The van der Waals surface area contributed by atoms with Crippen LogP contribution in [0.4, 0.5) is 8.78 Å². The molecule has 0 unspecified atom stereocenters. The van der Waals surface area contributed by atoms with E-state index in [2.05, 4.69) is 20.9 Å². The normalized spacial score (nSPS) is 10.8. The molecule has 0 aliphatic heterocycles. The van der Waals surface area contributed by atoms with Crippen molar-refractivity contribution < 1.29 is 8.78 Å². The van der Waals surface area contributed by atoms with Gasteiger partial charge in [0.15, 0.2) is 0 Å². The Labute approximate surface area is 82.1 Å². The molecule has 0 aliphatic carbocycles. The highest BCUT2D eigenvalue weighted by molar-refractivity contribution is 9.08. The van der Waals surface area contributed by atoms with Crippen molar-refractivity contribution in [3.05, 3.63) is 33.2 Å². The second kappa shape index (κ2) is 4.00. The van der Waals surface area contributed by atoms with Crippen LogP contribution in [0.1, 0.15) is 23.1 Å². The summed E-state index contributed by atoms with van der Waals surface area (Å²) >= 11 is 3.08. The Kier molecular flexibility index (Phi) is 3.19. The summed E-state index contributed by atoms with van der Waals surface area (Å²) in [5.41, 5.74) is -0.111. The SMILES string of the molecule is Cc1c(C(F)F)c(CBr)c[nH]c1=O. The predicted octanol–water partition coefficient (Wildman–Crippen LogP) is 2.52. The minimum absolute atomic E-state index is 0.0898. The van der Waals surface area contributed by atoms with Crippen molar-refractivity contribution >= 4 is 15.9 Å². The second-order valence-corrected chi connectivity index (χ2v) is 3.18. The molecule has 72 valence electrons. The molecule has 1 N–H and O–H groups in total. The number of aromatic nitrogens is 1. The number of alkyl halides is 3. The van der Waals surface area contributed by atoms with Gasteiger partial charge in [-0.1, -0.05) is 15.9 Å². The van der Waals surface area contributed by atoms with E-state index in [0.717, 1.165) is 0 Å². The van der Waals surface area contributed by atoms with Crippen LogP contribution in [0.25, 0.3) is 0 Å². The fourth-order valence-electron chi connectivity index (χ4n) is 1.12. The quantitative estimate of drug-likeness (QED) is 0.806. The molecule has 1 heterocycles. The Morgan fingerprint density at radius 3 is 2.69 bits per heavy atom. The van der Waals surface area contributed by atoms with E-state index in [9.17, 15) is 13.6 Å². The molecule has 0 amide bonds. The summed E-state index contributed by atoms with van der Waals surface area (Å²) in [5.74, 6) is 0. The molecule has 0 saturated heterocycles. The molecular formula is C8H8BrF2NO. The maximum Gasteiger partial charge on any atom is 0.264 e. The Bertz CT molecular complexity index is 362. The standard InChI is InChI=1S/C8H8BrF2NO/c1-4-6(7(10)11)5(2-9)3-12-8(4)13/h3,7H,2H2,1H3,(H,12,13). The number of halogens is 3. The number of hydrogen-bond donors (Lipinski definition) is 1. The van der Waals surface area contributed by atoms with E-state index < -0.39 is 12.0 Å². The van der Waals surface area contributed by atoms with Crippen LogP contribution in [0.5, 0.6) is 0 Å². The monoisotopic (exact) mass is 251 g/mol. The molecular weight excluding hydrogens is 244 g/mol. The lowest BCUT2D eigenvalue weighted by Crippen LogP contribution is -2.14. The van der Waals surface area contributed by atoms with Gasteiger partial charge in [-0.3, -0.25) is 4.79 Å². The molecule has 0 aliphatic rings. The molecule has 0 fully saturated rings. The number of rotatable bonds is 2. The first-order chi connectivity index (χ1) is 6.07. The summed E-state index contributed by atoms with van der Waals surface area (Å²) in [6.45, 7) is 1.40. The van der Waals surface area contributed by atoms with Crippen LogP contribution in [0.15, 0.2) is 11.0 Å². The summed E-state index contributed by atoms with van der Waals surface area (Å²) in [6, 6.07) is 0.